The van der Waals surface area contributed by atoms with E-state index in [1.807, 2.05) is 28.8 Å². The fourth-order valence-electron chi connectivity index (χ4n) is 2.82. The number of aromatic nitrogens is 5. The number of aliphatic hydroxyl groups is 2. The van der Waals surface area contributed by atoms with E-state index in [-0.39, 0.29) is 19.0 Å². The summed E-state index contributed by atoms with van der Waals surface area (Å²) in [5.74, 6) is -0.317. The van der Waals surface area contributed by atoms with Crippen molar-refractivity contribution >= 4 is 5.65 Å². The molecule has 7 nitrogen and oxygen atoms in total. The molecule has 3 aromatic heterocycles. The van der Waals surface area contributed by atoms with Crippen LogP contribution in [0.1, 0.15) is 0 Å². The van der Waals surface area contributed by atoms with Crippen molar-refractivity contribution < 1.29 is 14.6 Å². The second kappa shape index (κ2) is 6.66. The lowest BCUT2D eigenvalue weighted by Gasteiger charge is -2.05. The summed E-state index contributed by atoms with van der Waals surface area (Å²) >= 11 is 0. The van der Waals surface area contributed by atoms with E-state index in [4.69, 9.17) is 5.11 Å². The van der Waals surface area contributed by atoms with Crippen LogP contribution in [-0.2, 0) is 6.54 Å². The molecule has 0 radical (unpaired) electrons. The third kappa shape index (κ3) is 2.96. The number of imidazole rings is 1. The Labute approximate surface area is 148 Å². The lowest BCUT2D eigenvalue weighted by molar-refractivity contribution is 0.0778. The van der Waals surface area contributed by atoms with Crippen molar-refractivity contribution in [2.45, 2.75) is 12.6 Å². The fourth-order valence-corrected chi connectivity index (χ4v) is 2.82. The van der Waals surface area contributed by atoms with Crippen molar-refractivity contribution in [3.63, 3.8) is 0 Å². The number of hydrogen-bond acceptors (Lipinski definition) is 5. The van der Waals surface area contributed by atoms with Crippen LogP contribution < -0.4 is 0 Å². The number of aliphatic hydroxyl groups excluding tert-OH is 2. The summed E-state index contributed by atoms with van der Waals surface area (Å²) in [6, 6.07) is 11.7. The van der Waals surface area contributed by atoms with Crippen LogP contribution in [0.15, 0.2) is 54.9 Å². The van der Waals surface area contributed by atoms with Gasteiger partial charge in [0.05, 0.1) is 31.1 Å². The van der Waals surface area contributed by atoms with Gasteiger partial charge in [0.2, 0.25) is 0 Å². The Balaban J connectivity index is 1.85. The van der Waals surface area contributed by atoms with Gasteiger partial charge in [-0.15, -0.1) is 5.10 Å². The monoisotopic (exact) mass is 353 g/mol. The van der Waals surface area contributed by atoms with Gasteiger partial charge in [0.1, 0.15) is 22.9 Å². The molecule has 0 bridgehead atoms. The van der Waals surface area contributed by atoms with E-state index >= 15 is 0 Å². The standard InChI is InChI=1S/C18H16FN5O2/c19-13-6-4-12(5-7-13)17-18(24-8-2-1-3-16(24)20-17)15-10-23(22-21-15)9-14(26)11-25/h1-8,10,14,25-26H,9,11H2. The van der Waals surface area contributed by atoms with E-state index in [0.29, 0.717) is 11.4 Å². The Morgan fingerprint density at radius 3 is 2.69 bits per heavy atom. The molecule has 26 heavy (non-hydrogen) atoms. The van der Waals surface area contributed by atoms with Crippen LogP contribution in [0.5, 0.6) is 0 Å². The molecular weight excluding hydrogens is 337 g/mol. The van der Waals surface area contributed by atoms with Gasteiger partial charge in [-0.1, -0.05) is 11.3 Å². The predicted molar refractivity (Wildman–Crippen MR) is 92.7 cm³/mol. The molecule has 1 unspecified atom stereocenters. The number of fused-ring (bicyclic) bond motifs is 1. The quantitative estimate of drug-likeness (QED) is 0.571. The second-order valence-corrected chi connectivity index (χ2v) is 5.91. The van der Waals surface area contributed by atoms with Crippen LogP contribution in [-0.4, -0.2) is 47.3 Å². The van der Waals surface area contributed by atoms with Gasteiger partial charge in [0, 0.05) is 11.8 Å². The lowest BCUT2D eigenvalue weighted by Crippen LogP contribution is -2.20. The average molecular weight is 353 g/mol. The summed E-state index contributed by atoms with van der Waals surface area (Å²) in [5, 5.41) is 26.8. The normalized spacial score (nSPS) is 12.6. The highest BCUT2D eigenvalue weighted by Crippen LogP contribution is 2.31. The van der Waals surface area contributed by atoms with Crippen molar-refractivity contribution in [3.8, 4) is 22.6 Å². The Bertz CT molecular complexity index is 1040. The Morgan fingerprint density at radius 2 is 1.92 bits per heavy atom. The SMILES string of the molecule is OCC(O)Cn1cc(-c2c(-c3ccc(F)cc3)nc3ccccn23)nn1. The Kier molecular flexibility index (Phi) is 4.19. The topological polar surface area (TPSA) is 88.5 Å². The number of hydrogen-bond donors (Lipinski definition) is 2. The molecule has 4 aromatic rings. The number of nitrogens with zero attached hydrogens (tertiary/aromatic N) is 5. The van der Waals surface area contributed by atoms with Gasteiger partial charge >= 0.3 is 0 Å². The summed E-state index contributed by atoms with van der Waals surface area (Å²) in [6.07, 6.45) is 2.64. The smallest absolute Gasteiger partial charge is 0.137 e. The number of pyridine rings is 1. The second-order valence-electron chi connectivity index (χ2n) is 5.91. The largest absolute Gasteiger partial charge is 0.394 e. The first-order chi connectivity index (χ1) is 12.7. The minimum absolute atomic E-state index is 0.131. The lowest BCUT2D eigenvalue weighted by atomic mass is 10.1. The molecule has 1 atom stereocenters. The first-order valence-corrected chi connectivity index (χ1v) is 8.08. The number of rotatable bonds is 5. The molecule has 0 aliphatic carbocycles. The van der Waals surface area contributed by atoms with E-state index in [1.54, 1.807) is 18.3 Å². The van der Waals surface area contributed by atoms with Gasteiger partial charge in [-0.05, 0) is 36.4 Å². The van der Waals surface area contributed by atoms with E-state index < -0.39 is 6.10 Å². The molecule has 2 N–H and O–H groups in total. The maximum atomic E-state index is 13.3. The molecule has 0 saturated carbocycles. The van der Waals surface area contributed by atoms with Gasteiger partial charge in [-0.2, -0.15) is 0 Å². The number of halogens is 1. The molecule has 8 heteroatoms. The van der Waals surface area contributed by atoms with E-state index in [9.17, 15) is 9.50 Å². The highest BCUT2D eigenvalue weighted by Gasteiger charge is 2.19. The molecule has 132 valence electrons. The summed E-state index contributed by atoms with van der Waals surface area (Å²) in [5.41, 5.74) is 3.43. The third-order valence-electron chi connectivity index (χ3n) is 4.04. The van der Waals surface area contributed by atoms with E-state index in [1.165, 1.54) is 16.8 Å². The summed E-state index contributed by atoms with van der Waals surface area (Å²) in [6.45, 7) is -0.224. The first kappa shape index (κ1) is 16.4. The molecule has 1 aromatic carbocycles. The first-order valence-electron chi connectivity index (χ1n) is 8.08. The van der Waals surface area contributed by atoms with Crippen molar-refractivity contribution in [1.29, 1.82) is 0 Å². The summed E-state index contributed by atoms with van der Waals surface area (Å²) in [7, 11) is 0. The van der Waals surface area contributed by atoms with Crippen molar-refractivity contribution in [1.82, 2.24) is 24.4 Å². The van der Waals surface area contributed by atoms with Gasteiger partial charge < -0.3 is 10.2 Å². The van der Waals surface area contributed by atoms with Crippen molar-refractivity contribution in [3.05, 3.63) is 60.7 Å². The molecule has 0 aliphatic heterocycles. The zero-order valence-electron chi connectivity index (χ0n) is 13.7. The number of benzene rings is 1. The Hall–Kier alpha value is -3.10. The molecule has 4 rings (SSSR count). The summed E-state index contributed by atoms with van der Waals surface area (Å²) < 4.78 is 16.6. The molecule has 0 saturated heterocycles. The van der Waals surface area contributed by atoms with Gasteiger partial charge in [-0.3, -0.25) is 4.40 Å². The molecule has 0 amide bonds. The van der Waals surface area contributed by atoms with Crippen LogP contribution in [0.4, 0.5) is 4.39 Å². The summed E-state index contributed by atoms with van der Waals surface area (Å²) in [4.78, 5) is 4.65. The highest BCUT2D eigenvalue weighted by molar-refractivity contribution is 5.80. The van der Waals surface area contributed by atoms with Crippen LogP contribution in [0.25, 0.3) is 28.3 Å². The molecule has 3 heterocycles. The van der Waals surface area contributed by atoms with Crippen molar-refractivity contribution in [2.75, 3.05) is 6.61 Å². The molecule has 0 spiro atoms. The van der Waals surface area contributed by atoms with Crippen LogP contribution in [0.2, 0.25) is 0 Å². The maximum absolute atomic E-state index is 13.3. The average Bonchev–Trinajstić information content (AvgIpc) is 3.26. The van der Waals surface area contributed by atoms with Gasteiger partial charge in [0.15, 0.2) is 0 Å². The van der Waals surface area contributed by atoms with E-state index in [2.05, 4.69) is 15.3 Å². The zero-order valence-corrected chi connectivity index (χ0v) is 13.7. The minimum atomic E-state index is -0.914. The van der Waals surface area contributed by atoms with Gasteiger partial charge in [0.25, 0.3) is 0 Å². The molecular formula is C18H16FN5O2. The van der Waals surface area contributed by atoms with Gasteiger partial charge in [-0.25, -0.2) is 14.1 Å². The predicted octanol–water partition coefficient (Wildman–Crippen LogP) is 1.75. The molecule has 0 fully saturated rings. The van der Waals surface area contributed by atoms with Crippen LogP contribution in [0, 0.1) is 5.82 Å². The van der Waals surface area contributed by atoms with E-state index in [0.717, 1.165) is 16.9 Å². The minimum Gasteiger partial charge on any atom is -0.394 e. The molecule has 0 aliphatic rings. The van der Waals surface area contributed by atoms with Crippen LogP contribution in [0.3, 0.4) is 0 Å². The Morgan fingerprint density at radius 1 is 1.12 bits per heavy atom. The fraction of sp³-hybridized carbons (Fsp3) is 0.167. The highest BCUT2D eigenvalue weighted by atomic mass is 19.1. The van der Waals surface area contributed by atoms with Crippen LogP contribution >= 0.6 is 0 Å². The zero-order chi connectivity index (χ0) is 18.1. The van der Waals surface area contributed by atoms with Crippen molar-refractivity contribution in [2.24, 2.45) is 0 Å². The maximum Gasteiger partial charge on any atom is 0.137 e. The third-order valence-corrected chi connectivity index (χ3v) is 4.04.